The van der Waals surface area contributed by atoms with E-state index in [0.29, 0.717) is 17.6 Å². The van der Waals surface area contributed by atoms with E-state index >= 15 is 4.79 Å². The van der Waals surface area contributed by atoms with Crippen molar-refractivity contribution in [1.82, 2.24) is 5.32 Å². The van der Waals surface area contributed by atoms with E-state index in [1.165, 1.54) is 14.0 Å². The number of allylic oxidation sites excluding steroid dienone is 3. The van der Waals surface area contributed by atoms with Gasteiger partial charge in [0.15, 0.2) is 37.1 Å². The Bertz CT molecular complexity index is 2880. The summed E-state index contributed by atoms with van der Waals surface area (Å²) >= 11 is 0. The summed E-state index contributed by atoms with van der Waals surface area (Å²) in [5, 5.41) is 83.6. The summed E-state index contributed by atoms with van der Waals surface area (Å²) in [5.74, 6) is -5.33. The summed E-state index contributed by atoms with van der Waals surface area (Å²) in [7, 11) is 2.66. The Kier molecular flexibility index (Phi) is 21.7. The van der Waals surface area contributed by atoms with Gasteiger partial charge in [0.2, 0.25) is 11.3 Å². The van der Waals surface area contributed by atoms with Gasteiger partial charge in [-0.05, 0) is 96.1 Å². The molecule has 0 aromatic carbocycles. The Hall–Kier alpha value is -4.33. The van der Waals surface area contributed by atoms with E-state index in [4.69, 9.17) is 61.6 Å². The molecule has 7 N–H and O–H groups in total. The number of alkyl carbamates (subject to hydrolysis) is 1. The van der Waals surface area contributed by atoms with E-state index in [1.807, 2.05) is 32.9 Å². The number of hydrogen-bond acceptors (Lipinski definition) is 24. The van der Waals surface area contributed by atoms with Crippen LogP contribution in [0.3, 0.4) is 0 Å². The van der Waals surface area contributed by atoms with E-state index < -0.39 is 209 Å². The minimum absolute atomic E-state index is 0.00999. The van der Waals surface area contributed by atoms with Crippen molar-refractivity contribution in [3.63, 3.8) is 0 Å². The number of ether oxygens (including phenoxy) is 13. The fourth-order valence-corrected chi connectivity index (χ4v) is 17.2. The molecule has 2 bridgehead atoms. The van der Waals surface area contributed by atoms with E-state index in [0.717, 1.165) is 12.7 Å². The van der Waals surface area contributed by atoms with Gasteiger partial charge in [0.25, 0.3) is 0 Å². The molecular weight excluding hydrogens is 1220 g/mol. The summed E-state index contributed by atoms with van der Waals surface area (Å²) in [4.78, 5) is 55.4. The van der Waals surface area contributed by atoms with Crippen LogP contribution in [0, 0.1) is 57.0 Å². The van der Waals surface area contributed by atoms with E-state index in [-0.39, 0.29) is 63.4 Å². The van der Waals surface area contributed by atoms with Crippen LogP contribution in [-0.4, -0.2) is 214 Å². The number of nitrogens with one attached hydrogen (secondary N) is 1. The van der Waals surface area contributed by atoms with Crippen molar-refractivity contribution in [2.75, 3.05) is 20.8 Å². The highest BCUT2D eigenvalue weighted by atomic mass is 16.8. The van der Waals surface area contributed by atoms with Gasteiger partial charge in [0.05, 0.1) is 87.3 Å². The molecule has 0 aromatic rings. The number of hydrogen-bond donors (Lipinski definition) is 7. The first-order valence-electron chi connectivity index (χ1n) is 33.2. The number of rotatable bonds is 14. The van der Waals surface area contributed by atoms with Crippen LogP contribution in [0.5, 0.6) is 0 Å². The molecule has 4 aliphatic carbocycles. The second-order valence-electron chi connectivity index (χ2n) is 28.6. The third-order valence-electron chi connectivity index (χ3n) is 22.3. The van der Waals surface area contributed by atoms with Gasteiger partial charge < -0.3 is 97.5 Å². The molecule has 6 aliphatic heterocycles. The number of carbonyl (C=O) groups is 3. The lowest BCUT2D eigenvalue weighted by Crippen LogP contribution is -2.65. The first-order valence-corrected chi connectivity index (χ1v) is 33.2. The van der Waals surface area contributed by atoms with E-state index in [1.54, 1.807) is 53.7 Å². The summed E-state index contributed by atoms with van der Waals surface area (Å²) in [6.07, 6.45) is -8.05. The average Bonchev–Trinajstić information content (AvgIpc) is 1.70. The maximum absolute atomic E-state index is 15.7. The molecule has 31 atom stereocenters. The lowest BCUT2D eigenvalue weighted by molar-refractivity contribution is -0.584. The fraction of sp³-hybridized carbons (Fsp3) is 0.806. The quantitative estimate of drug-likeness (QED) is 0.0373. The average molecular weight is 1320 g/mol. The SMILES string of the molecule is COC(=O)NC1C(C)OC(OC2CC=C(C)C3C=CC4C(OC5CC(OC6CC(OC7CC(O)C(O)C(C)O7)C(OC7CC(O)C(OC)C(C)O7)C(C)O6)C(O)C(C)O5)C(C)CC(C)C4C3(C)/C(O)=C3\C(=O)OC4(CC(C)C(CO)=CC4C=C2C)C3=O)CC1(C)[N+](=O)[O-]. The highest BCUT2D eigenvalue weighted by Crippen LogP contribution is 2.61. The van der Waals surface area contributed by atoms with E-state index in [2.05, 4.69) is 25.2 Å². The second kappa shape index (κ2) is 28.3. The number of methoxy groups -OCH3 is 2. The zero-order chi connectivity index (χ0) is 67.7. The van der Waals surface area contributed by atoms with Crippen molar-refractivity contribution in [2.24, 2.45) is 46.8 Å². The molecule has 1 spiro atoms. The van der Waals surface area contributed by atoms with Crippen LogP contribution >= 0.6 is 0 Å². The Balaban J connectivity index is 0.943. The molecule has 26 nitrogen and oxygen atoms in total. The van der Waals surface area contributed by atoms with Crippen LogP contribution in [0.15, 0.2) is 58.4 Å². The zero-order valence-electron chi connectivity index (χ0n) is 55.9. The standard InChI is InChI=1S/C67H100N2O24/c1-29-15-18-45(88-52-27-65(11,69(79)80)60(38(10)87-52)68-64(78)82-14)30(2)20-40-21-39(28-70)33(5)26-67(40)62(76)53(63(77)93-67)61(75)66(12)42(29)17-16-41-54(66)31(3)19-32(4)57(41)91-51-24-46(56(74)35(7)84-51)89-50-25-47(90-48-22-43(71)55(73)34(6)83-48)59(37(9)86-50)92-49-23-44(72)58(81-13)36(8)85-49/h15-17,20-21,31-38,40-52,54-60,70-75H,18-19,22-28H2,1-14H3,(H,68,78)/b29-15?,30-20?,61-53+. The number of aliphatic hydroxyl groups is 6. The molecule has 10 aliphatic rings. The van der Waals surface area contributed by atoms with Gasteiger partial charge in [-0.2, -0.15) is 0 Å². The molecule has 1 amide bonds. The van der Waals surface area contributed by atoms with Gasteiger partial charge in [-0.1, -0.05) is 63.6 Å². The highest BCUT2D eigenvalue weighted by Gasteiger charge is 2.64. The maximum Gasteiger partial charge on any atom is 0.407 e. The number of ketones is 1. The van der Waals surface area contributed by atoms with Crippen LogP contribution in [0.1, 0.15) is 134 Å². The number of fused-ring (bicyclic) bond motifs is 4. The molecule has 522 valence electrons. The van der Waals surface area contributed by atoms with Gasteiger partial charge in [-0.3, -0.25) is 14.9 Å². The monoisotopic (exact) mass is 1320 g/mol. The molecule has 93 heavy (non-hydrogen) atoms. The van der Waals surface area contributed by atoms with Crippen LogP contribution in [0.25, 0.3) is 0 Å². The molecule has 1 saturated carbocycles. The predicted molar refractivity (Wildman–Crippen MR) is 327 cm³/mol. The number of nitro groups is 1. The molecule has 6 heterocycles. The number of nitrogens with zero attached hydrogens (tertiary/aromatic N) is 1. The summed E-state index contributed by atoms with van der Waals surface area (Å²) in [6, 6.07) is -1.09. The minimum Gasteiger partial charge on any atom is -0.511 e. The smallest absolute Gasteiger partial charge is 0.407 e. The van der Waals surface area contributed by atoms with Gasteiger partial charge in [-0.15, -0.1) is 0 Å². The third-order valence-corrected chi connectivity index (χ3v) is 22.3. The zero-order valence-corrected chi connectivity index (χ0v) is 55.9. The molecule has 6 saturated heterocycles. The molecule has 0 aromatic heterocycles. The molecular formula is C67H100N2O24. The van der Waals surface area contributed by atoms with Gasteiger partial charge in [-0.25, -0.2) is 9.59 Å². The van der Waals surface area contributed by atoms with Gasteiger partial charge >= 0.3 is 12.1 Å². The summed E-state index contributed by atoms with van der Waals surface area (Å²) < 4.78 is 82.0. The third kappa shape index (κ3) is 13.7. The predicted octanol–water partition coefficient (Wildman–Crippen LogP) is 5.45. The highest BCUT2D eigenvalue weighted by molar-refractivity contribution is 6.26. The topological polar surface area (TPSA) is 348 Å². The molecule has 10 rings (SSSR count). The number of amides is 1. The van der Waals surface area contributed by atoms with E-state index in [9.17, 15) is 50.3 Å². The van der Waals surface area contributed by atoms with Gasteiger partial charge in [0.1, 0.15) is 41.8 Å². The number of esters is 1. The molecule has 0 radical (unpaired) electrons. The largest absolute Gasteiger partial charge is 0.511 e. The van der Waals surface area contributed by atoms with Crippen molar-refractivity contribution in [3.8, 4) is 0 Å². The van der Waals surface area contributed by atoms with Crippen molar-refractivity contribution >= 4 is 17.8 Å². The van der Waals surface area contributed by atoms with Crippen molar-refractivity contribution in [2.45, 2.75) is 275 Å². The first-order chi connectivity index (χ1) is 43.9. The van der Waals surface area contributed by atoms with Crippen LogP contribution in [0.2, 0.25) is 0 Å². The number of aliphatic hydroxyl groups excluding tert-OH is 6. The lowest BCUT2D eigenvalue weighted by Gasteiger charge is -2.56. The maximum atomic E-state index is 15.7. The van der Waals surface area contributed by atoms with Crippen molar-refractivity contribution < 1.29 is 112 Å². The van der Waals surface area contributed by atoms with Gasteiger partial charge in [0, 0.05) is 74.2 Å². The number of carbonyl (C=O) groups excluding carboxylic acids is 3. The normalized spacial score (nSPS) is 48.8. The molecule has 31 unspecified atom stereocenters. The second-order valence-corrected chi connectivity index (χ2v) is 28.6. The Labute approximate surface area is 543 Å². The minimum atomic E-state index is -1.84. The Morgan fingerprint density at radius 3 is 1.92 bits per heavy atom. The number of Topliss-reactive ketones (excluding diaryl/α,β-unsaturated/α-hetero) is 1. The molecule has 26 heteroatoms. The summed E-state index contributed by atoms with van der Waals surface area (Å²) in [6.45, 7) is 21.2. The first kappa shape index (κ1) is 71.4. The van der Waals surface area contributed by atoms with Crippen molar-refractivity contribution in [1.29, 1.82) is 0 Å². The fourth-order valence-electron chi connectivity index (χ4n) is 17.2. The summed E-state index contributed by atoms with van der Waals surface area (Å²) in [5.41, 5.74) is -3.49. The molecule has 7 fully saturated rings. The van der Waals surface area contributed by atoms with Crippen LogP contribution in [-0.2, 0) is 71.2 Å². The Morgan fingerprint density at radius 1 is 0.688 bits per heavy atom. The van der Waals surface area contributed by atoms with Crippen LogP contribution in [0.4, 0.5) is 4.79 Å². The van der Waals surface area contributed by atoms with Crippen LogP contribution < -0.4 is 5.32 Å². The Morgan fingerprint density at radius 2 is 1.28 bits per heavy atom. The lowest BCUT2D eigenvalue weighted by atomic mass is 9.49. The van der Waals surface area contributed by atoms with Crippen molar-refractivity contribution in [3.05, 3.63) is 68.5 Å².